The maximum atomic E-state index is 12.3. The third kappa shape index (κ3) is 6.29. The van der Waals surface area contributed by atoms with Crippen molar-refractivity contribution in [1.29, 1.82) is 0 Å². The molecule has 43 heavy (non-hydrogen) atoms. The van der Waals surface area contributed by atoms with Crippen LogP contribution in [-0.4, -0.2) is 69.1 Å². The van der Waals surface area contributed by atoms with E-state index in [9.17, 15) is 9.90 Å². The van der Waals surface area contributed by atoms with E-state index >= 15 is 0 Å². The average molecular weight is 594 g/mol. The van der Waals surface area contributed by atoms with Gasteiger partial charge in [-0.3, -0.25) is 0 Å². The molecule has 0 aliphatic heterocycles. The van der Waals surface area contributed by atoms with E-state index in [1.165, 1.54) is 44.9 Å². The van der Waals surface area contributed by atoms with Gasteiger partial charge in [0.1, 0.15) is 5.58 Å². The highest BCUT2D eigenvalue weighted by Gasteiger charge is 2.60. The van der Waals surface area contributed by atoms with E-state index in [2.05, 4.69) is 55.6 Å². The summed E-state index contributed by atoms with van der Waals surface area (Å²) in [5.41, 5.74) is 3.08. The Morgan fingerprint density at radius 2 is 1.79 bits per heavy atom. The number of nitrogens with zero attached hydrogens (tertiary/aromatic N) is 1. The number of hydrogen-bond acceptors (Lipinski definition) is 7. The molecule has 1 heterocycles. The lowest BCUT2D eigenvalue weighted by Gasteiger charge is -2.60. The van der Waals surface area contributed by atoms with Gasteiger partial charge in [-0.25, -0.2) is 4.79 Å². The minimum absolute atomic E-state index is 0.0677. The standard InChI is InChI=1S/C36H55N3O4/c1-35-14-11-27(40)22-25(35)5-7-29-30-9-10-33(36(30,2)15-12-31(29)35)42-20-18-37-16-13-24-21-34(41)43-32-23-26(6-8-28(24)32)38-17-19-39(3)4/h6,8,21,23,25,27,29-31,33,37-38,40H,5,7,9-20,22H2,1-4H3/t25-,27+,29-,30-,31-,33-,35-,36-/m0/s1. The Labute approximate surface area is 258 Å². The maximum absolute atomic E-state index is 12.3. The van der Waals surface area contributed by atoms with Crippen LogP contribution in [0.15, 0.2) is 33.5 Å². The molecule has 0 unspecified atom stereocenters. The molecule has 2 aromatic rings. The van der Waals surface area contributed by atoms with Crippen LogP contribution in [0.25, 0.3) is 11.0 Å². The molecule has 4 saturated carbocycles. The normalized spacial score (nSPS) is 35.5. The van der Waals surface area contributed by atoms with Crippen LogP contribution in [0.4, 0.5) is 5.69 Å². The molecule has 0 spiro atoms. The van der Waals surface area contributed by atoms with Gasteiger partial charge in [-0.05, 0) is 137 Å². The van der Waals surface area contributed by atoms with Gasteiger partial charge in [0.15, 0.2) is 0 Å². The van der Waals surface area contributed by atoms with Crippen molar-refractivity contribution in [3.63, 3.8) is 0 Å². The zero-order valence-corrected chi connectivity index (χ0v) is 27.0. The average Bonchev–Trinajstić information content (AvgIpc) is 3.30. The van der Waals surface area contributed by atoms with E-state index in [1.54, 1.807) is 6.07 Å². The van der Waals surface area contributed by atoms with Crippen molar-refractivity contribution in [3.8, 4) is 0 Å². The number of ether oxygens (including phenoxy) is 1. The number of likely N-dealkylation sites (N-methyl/N-ethyl adjacent to an activating group) is 1. The molecule has 238 valence electrons. The highest BCUT2D eigenvalue weighted by molar-refractivity contribution is 5.83. The fourth-order valence-electron chi connectivity index (χ4n) is 10.1. The number of benzene rings is 1. The third-order valence-electron chi connectivity index (χ3n) is 12.4. The summed E-state index contributed by atoms with van der Waals surface area (Å²) in [5, 5.41) is 18.3. The second-order valence-electron chi connectivity index (χ2n) is 15.1. The number of anilines is 1. The molecular weight excluding hydrogens is 538 g/mol. The van der Waals surface area contributed by atoms with Crippen molar-refractivity contribution >= 4 is 16.7 Å². The molecule has 0 amide bonds. The largest absolute Gasteiger partial charge is 0.423 e. The highest BCUT2D eigenvalue weighted by Crippen LogP contribution is 2.66. The Bertz CT molecular complexity index is 1310. The Hall–Kier alpha value is -1.93. The van der Waals surface area contributed by atoms with Crippen LogP contribution < -0.4 is 16.3 Å². The fourth-order valence-corrected chi connectivity index (χ4v) is 10.1. The van der Waals surface area contributed by atoms with Gasteiger partial charge < -0.3 is 29.8 Å². The third-order valence-corrected chi connectivity index (χ3v) is 12.4. The van der Waals surface area contributed by atoms with Crippen LogP contribution in [0, 0.1) is 34.5 Å². The van der Waals surface area contributed by atoms with Gasteiger partial charge in [-0.2, -0.15) is 0 Å². The van der Waals surface area contributed by atoms with Crippen LogP contribution in [0.1, 0.15) is 77.2 Å². The van der Waals surface area contributed by atoms with Crippen LogP contribution in [0.2, 0.25) is 0 Å². The number of fused-ring (bicyclic) bond motifs is 6. The predicted octanol–water partition coefficient (Wildman–Crippen LogP) is 5.69. The van der Waals surface area contributed by atoms with E-state index < -0.39 is 0 Å². The van der Waals surface area contributed by atoms with E-state index in [-0.39, 0.29) is 11.7 Å². The van der Waals surface area contributed by atoms with Gasteiger partial charge in [0, 0.05) is 42.8 Å². The van der Waals surface area contributed by atoms with Gasteiger partial charge in [0.2, 0.25) is 0 Å². The van der Waals surface area contributed by atoms with Crippen molar-refractivity contribution in [1.82, 2.24) is 10.2 Å². The molecule has 0 bridgehead atoms. The first-order valence-electron chi connectivity index (χ1n) is 17.1. The number of nitrogens with one attached hydrogen (secondary N) is 2. The molecule has 0 saturated heterocycles. The van der Waals surface area contributed by atoms with Gasteiger partial charge in [-0.1, -0.05) is 13.8 Å². The van der Waals surface area contributed by atoms with Crippen molar-refractivity contribution < 1.29 is 14.3 Å². The van der Waals surface area contributed by atoms with Gasteiger partial charge in [0.05, 0.1) is 18.8 Å². The minimum atomic E-state index is -0.293. The zero-order chi connectivity index (χ0) is 30.2. The summed E-state index contributed by atoms with van der Waals surface area (Å²) in [6.45, 7) is 9.24. The van der Waals surface area contributed by atoms with Crippen LogP contribution in [-0.2, 0) is 11.2 Å². The number of aliphatic hydroxyl groups excluding tert-OH is 1. The lowest BCUT2D eigenvalue weighted by Crippen LogP contribution is -2.54. The second-order valence-corrected chi connectivity index (χ2v) is 15.1. The van der Waals surface area contributed by atoms with Gasteiger partial charge in [-0.15, -0.1) is 0 Å². The van der Waals surface area contributed by atoms with E-state index in [1.807, 2.05) is 6.07 Å². The van der Waals surface area contributed by atoms with E-state index in [0.717, 1.165) is 92.4 Å². The molecule has 7 nitrogen and oxygen atoms in total. The fraction of sp³-hybridized carbons (Fsp3) is 0.750. The lowest BCUT2D eigenvalue weighted by molar-refractivity contribution is -0.140. The van der Waals surface area contributed by atoms with Crippen LogP contribution >= 0.6 is 0 Å². The molecule has 1 aromatic carbocycles. The Kier molecular flexibility index (Phi) is 9.26. The van der Waals surface area contributed by atoms with Crippen LogP contribution in [0.3, 0.4) is 0 Å². The first-order chi connectivity index (χ1) is 20.7. The molecule has 1 aromatic heterocycles. The number of rotatable bonds is 11. The second kappa shape index (κ2) is 12.8. The molecule has 6 rings (SSSR count). The van der Waals surface area contributed by atoms with Crippen molar-refractivity contribution in [2.45, 2.75) is 90.3 Å². The van der Waals surface area contributed by atoms with Gasteiger partial charge >= 0.3 is 5.63 Å². The first kappa shape index (κ1) is 31.1. The number of hydrogen-bond donors (Lipinski definition) is 3. The molecule has 7 heteroatoms. The van der Waals surface area contributed by atoms with Crippen molar-refractivity contribution in [3.05, 3.63) is 40.2 Å². The summed E-state index contributed by atoms with van der Waals surface area (Å²) in [5.74, 6) is 3.18. The monoisotopic (exact) mass is 593 g/mol. The SMILES string of the molecule is CN(C)CCNc1ccc2c(CCNCCO[C@H]3CC[C@H]4[C@@H]5CC[C@H]6C[C@H](O)CC[C@]6(C)[C@H]5CC[C@]34C)cc(=O)oc2c1. The first-order valence-corrected chi connectivity index (χ1v) is 17.1. The van der Waals surface area contributed by atoms with Crippen molar-refractivity contribution in [2.24, 2.45) is 34.5 Å². The molecule has 4 fully saturated rings. The van der Waals surface area contributed by atoms with E-state index in [0.29, 0.717) is 22.5 Å². The summed E-state index contributed by atoms with van der Waals surface area (Å²) >= 11 is 0. The topological polar surface area (TPSA) is 87.0 Å². The van der Waals surface area contributed by atoms with Crippen LogP contribution in [0.5, 0.6) is 0 Å². The maximum Gasteiger partial charge on any atom is 0.336 e. The molecule has 4 aliphatic rings. The molecule has 8 atom stereocenters. The zero-order valence-electron chi connectivity index (χ0n) is 27.0. The predicted molar refractivity (Wildman–Crippen MR) is 174 cm³/mol. The van der Waals surface area contributed by atoms with Crippen molar-refractivity contribution in [2.75, 3.05) is 52.2 Å². The smallest absolute Gasteiger partial charge is 0.336 e. The summed E-state index contributed by atoms with van der Waals surface area (Å²) in [4.78, 5) is 14.4. The molecule has 3 N–H and O–H groups in total. The molecule has 0 radical (unpaired) electrons. The summed E-state index contributed by atoms with van der Waals surface area (Å²) in [6, 6.07) is 7.70. The van der Waals surface area contributed by atoms with E-state index in [4.69, 9.17) is 9.15 Å². The van der Waals surface area contributed by atoms with Gasteiger partial charge in [0.25, 0.3) is 0 Å². The lowest BCUT2D eigenvalue weighted by atomic mass is 9.45. The minimum Gasteiger partial charge on any atom is -0.423 e. The number of aliphatic hydroxyl groups is 1. The summed E-state index contributed by atoms with van der Waals surface area (Å²) in [6.07, 6.45) is 12.1. The molecular formula is C36H55N3O4. The molecule has 4 aliphatic carbocycles. The Balaban J connectivity index is 0.979. The Morgan fingerprint density at radius 1 is 0.977 bits per heavy atom. The quantitative estimate of drug-likeness (QED) is 0.228. The highest BCUT2D eigenvalue weighted by atomic mass is 16.5. The summed E-state index contributed by atoms with van der Waals surface area (Å²) in [7, 11) is 4.11. The summed E-state index contributed by atoms with van der Waals surface area (Å²) < 4.78 is 12.2. The Morgan fingerprint density at radius 3 is 2.63 bits per heavy atom.